The molecule has 1 aromatic heterocycles. The van der Waals surface area contributed by atoms with E-state index < -0.39 is 5.97 Å². The van der Waals surface area contributed by atoms with Crippen LogP contribution in [0.15, 0.2) is 12.3 Å². The van der Waals surface area contributed by atoms with E-state index in [2.05, 4.69) is 10.4 Å². The smallest absolute Gasteiger partial charge is 0.328 e. The lowest BCUT2D eigenvalue weighted by Gasteiger charge is -2.12. The zero-order chi connectivity index (χ0) is 14.3. The molecule has 0 fully saturated rings. The van der Waals surface area contributed by atoms with E-state index in [-0.39, 0.29) is 25.1 Å². The lowest BCUT2D eigenvalue weighted by Crippen LogP contribution is -2.38. The molecule has 1 rings (SSSR count). The summed E-state index contributed by atoms with van der Waals surface area (Å²) in [5.74, 6) is -0.616. The van der Waals surface area contributed by atoms with Gasteiger partial charge in [-0.25, -0.2) is 0 Å². The van der Waals surface area contributed by atoms with Crippen molar-refractivity contribution in [3.8, 4) is 0 Å². The predicted octanol–water partition coefficient (Wildman–Crippen LogP) is -0.840. The average molecular weight is 270 g/mol. The summed E-state index contributed by atoms with van der Waals surface area (Å²) in [6, 6.07) is 1.42. The maximum absolute atomic E-state index is 11.4. The Morgan fingerprint density at radius 2 is 2.32 bits per heavy atom. The van der Waals surface area contributed by atoms with Crippen LogP contribution < -0.4 is 11.1 Å². The molecule has 8 heteroatoms. The van der Waals surface area contributed by atoms with Gasteiger partial charge in [-0.3, -0.25) is 14.3 Å². The number of amides is 1. The molecular formula is C11H18N4O4. The minimum absolute atomic E-state index is 0.0852. The number of rotatable bonds is 7. The fraction of sp³-hybridized carbons (Fsp3) is 0.545. The van der Waals surface area contributed by atoms with Crippen molar-refractivity contribution in [3.05, 3.63) is 12.3 Å². The predicted molar refractivity (Wildman–Crippen MR) is 67.1 cm³/mol. The Balaban J connectivity index is 2.24. The van der Waals surface area contributed by atoms with E-state index >= 15 is 0 Å². The number of nitrogen functional groups attached to an aromatic ring is 1. The van der Waals surface area contributed by atoms with Crippen LogP contribution in [0.5, 0.6) is 0 Å². The second-order valence-electron chi connectivity index (χ2n) is 4.02. The summed E-state index contributed by atoms with van der Waals surface area (Å²) in [6.45, 7) is 1.77. The van der Waals surface area contributed by atoms with Gasteiger partial charge in [0.05, 0.1) is 6.61 Å². The maximum atomic E-state index is 11.4. The highest BCUT2D eigenvalue weighted by atomic mass is 16.5. The topological polar surface area (TPSA) is 108 Å². The number of aromatic nitrogens is 2. The van der Waals surface area contributed by atoms with Gasteiger partial charge >= 0.3 is 5.97 Å². The maximum Gasteiger partial charge on any atom is 0.328 e. The Morgan fingerprint density at radius 3 is 2.89 bits per heavy atom. The first-order chi connectivity index (χ1) is 9.01. The summed E-state index contributed by atoms with van der Waals surface area (Å²) >= 11 is 0. The minimum Gasteiger partial charge on any atom is -0.454 e. The zero-order valence-electron chi connectivity index (χ0n) is 11.0. The van der Waals surface area contributed by atoms with Crippen LogP contribution in [0.3, 0.4) is 0 Å². The van der Waals surface area contributed by atoms with Gasteiger partial charge in [-0.15, -0.1) is 0 Å². The van der Waals surface area contributed by atoms with Gasteiger partial charge < -0.3 is 20.5 Å². The number of esters is 1. The van der Waals surface area contributed by atoms with E-state index in [9.17, 15) is 9.59 Å². The number of anilines is 1. The molecule has 1 heterocycles. The number of ether oxygens (including phenoxy) is 2. The Bertz CT molecular complexity index is 432. The van der Waals surface area contributed by atoms with E-state index in [0.29, 0.717) is 12.4 Å². The molecule has 3 N–H and O–H groups in total. The van der Waals surface area contributed by atoms with Gasteiger partial charge in [0.25, 0.3) is 5.91 Å². The molecule has 0 aliphatic rings. The van der Waals surface area contributed by atoms with Crippen molar-refractivity contribution in [2.75, 3.05) is 26.1 Å². The number of nitrogens with one attached hydrogen (secondary N) is 1. The first kappa shape index (κ1) is 15.0. The second-order valence-corrected chi connectivity index (χ2v) is 4.02. The molecule has 0 radical (unpaired) electrons. The first-order valence-corrected chi connectivity index (χ1v) is 5.74. The molecule has 1 unspecified atom stereocenters. The summed E-state index contributed by atoms with van der Waals surface area (Å²) in [4.78, 5) is 22.8. The lowest BCUT2D eigenvalue weighted by atomic mass is 10.3. The third-order valence-electron chi connectivity index (χ3n) is 2.14. The molecule has 106 valence electrons. The SMILES string of the molecule is COCC(C)NC(=O)COC(=O)Cn1ccc(N)n1. The van der Waals surface area contributed by atoms with Gasteiger partial charge in [0.15, 0.2) is 6.61 Å². The van der Waals surface area contributed by atoms with Crippen LogP contribution in [-0.4, -0.2) is 48.0 Å². The van der Waals surface area contributed by atoms with E-state index in [4.69, 9.17) is 15.2 Å². The summed E-state index contributed by atoms with van der Waals surface area (Å²) in [5, 5.41) is 6.45. The Hall–Kier alpha value is -2.09. The number of nitrogens with two attached hydrogens (primary N) is 1. The number of hydrogen-bond acceptors (Lipinski definition) is 6. The number of nitrogens with zero attached hydrogens (tertiary/aromatic N) is 2. The van der Waals surface area contributed by atoms with E-state index in [1.165, 1.54) is 4.68 Å². The molecule has 0 aliphatic heterocycles. The quantitative estimate of drug-likeness (QED) is 0.625. The molecule has 0 bridgehead atoms. The summed E-state index contributed by atoms with van der Waals surface area (Å²) in [5.41, 5.74) is 5.40. The van der Waals surface area contributed by atoms with Crippen molar-refractivity contribution < 1.29 is 19.1 Å². The van der Waals surface area contributed by atoms with E-state index in [1.54, 1.807) is 26.3 Å². The van der Waals surface area contributed by atoms with E-state index in [1.807, 2.05) is 0 Å². The molecule has 0 saturated heterocycles. The Morgan fingerprint density at radius 1 is 1.58 bits per heavy atom. The van der Waals surface area contributed by atoms with Crippen LogP contribution in [-0.2, 0) is 25.6 Å². The molecular weight excluding hydrogens is 252 g/mol. The monoisotopic (exact) mass is 270 g/mol. The largest absolute Gasteiger partial charge is 0.454 e. The van der Waals surface area contributed by atoms with E-state index in [0.717, 1.165) is 0 Å². The molecule has 1 aromatic rings. The van der Waals surface area contributed by atoms with Gasteiger partial charge in [-0.05, 0) is 13.0 Å². The van der Waals surface area contributed by atoms with Crippen molar-refractivity contribution >= 4 is 17.7 Å². The first-order valence-electron chi connectivity index (χ1n) is 5.74. The number of carbonyl (C=O) groups is 2. The molecule has 0 aliphatic carbocycles. The number of hydrogen-bond donors (Lipinski definition) is 2. The van der Waals surface area contributed by atoms with Gasteiger partial charge in [0, 0.05) is 19.3 Å². The molecule has 0 aromatic carbocycles. The highest BCUT2D eigenvalue weighted by molar-refractivity contribution is 5.80. The van der Waals surface area contributed by atoms with Crippen LogP contribution in [0.25, 0.3) is 0 Å². The molecule has 1 atom stereocenters. The minimum atomic E-state index is -0.558. The highest BCUT2D eigenvalue weighted by Crippen LogP contribution is 1.96. The molecule has 1 amide bonds. The van der Waals surface area contributed by atoms with Crippen LogP contribution in [0, 0.1) is 0 Å². The van der Waals surface area contributed by atoms with Crippen molar-refractivity contribution in [3.63, 3.8) is 0 Å². The van der Waals surface area contributed by atoms with Gasteiger partial charge in [0.2, 0.25) is 0 Å². The second kappa shape index (κ2) is 7.37. The van der Waals surface area contributed by atoms with Crippen molar-refractivity contribution in [2.45, 2.75) is 19.5 Å². The van der Waals surface area contributed by atoms with Crippen LogP contribution in [0.2, 0.25) is 0 Å². The van der Waals surface area contributed by atoms with Crippen LogP contribution in [0.1, 0.15) is 6.92 Å². The fourth-order valence-corrected chi connectivity index (χ4v) is 1.40. The van der Waals surface area contributed by atoms with Crippen LogP contribution >= 0.6 is 0 Å². The normalized spacial score (nSPS) is 11.9. The molecule has 0 saturated carbocycles. The third kappa shape index (κ3) is 5.87. The zero-order valence-corrected chi connectivity index (χ0v) is 11.0. The third-order valence-corrected chi connectivity index (χ3v) is 2.14. The summed E-state index contributed by atoms with van der Waals surface area (Å²) in [7, 11) is 1.54. The standard InChI is InChI=1S/C11H18N4O4/c1-8(6-18-2)13-10(16)7-19-11(17)5-15-4-3-9(12)14-15/h3-4,8H,5-7H2,1-2H3,(H2,12,14)(H,13,16). The van der Waals surface area contributed by atoms with Crippen molar-refractivity contribution in [1.82, 2.24) is 15.1 Å². The van der Waals surface area contributed by atoms with Gasteiger partial charge in [-0.2, -0.15) is 5.10 Å². The average Bonchev–Trinajstić information content (AvgIpc) is 2.72. The lowest BCUT2D eigenvalue weighted by molar-refractivity contribution is -0.149. The molecule has 8 nitrogen and oxygen atoms in total. The Kier molecular flexibility index (Phi) is 5.80. The molecule has 19 heavy (non-hydrogen) atoms. The van der Waals surface area contributed by atoms with Crippen molar-refractivity contribution in [1.29, 1.82) is 0 Å². The summed E-state index contributed by atoms with van der Waals surface area (Å²) in [6.07, 6.45) is 1.55. The number of carbonyl (C=O) groups excluding carboxylic acids is 2. The highest BCUT2D eigenvalue weighted by Gasteiger charge is 2.11. The fourth-order valence-electron chi connectivity index (χ4n) is 1.40. The number of methoxy groups -OCH3 is 1. The van der Waals surface area contributed by atoms with Crippen LogP contribution in [0.4, 0.5) is 5.82 Å². The summed E-state index contributed by atoms with van der Waals surface area (Å²) < 4.78 is 11.0. The molecule has 0 spiro atoms. The van der Waals surface area contributed by atoms with Gasteiger partial charge in [0.1, 0.15) is 12.4 Å². The Labute approximate surface area is 110 Å². The van der Waals surface area contributed by atoms with Crippen molar-refractivity contribution in [2.24, 2.45) is 0 Å². The van der Waals surface area contributed by atoms with Gasteiger partial charge in [-0.1, -0.05) is 0 Å².